The van der Waals surface area contributed by atoms with Gasteiger partial charge in [0.15, 0.2) is 0 Å². The van der Waals surface area contributed by atoms with Crippen LogP contribution < -0.4 is 5.73 Å². The Hall–Kier alpha value is 0.0700. The average molecular weight is 193 g/mol. The second-order valence-corrected chi connectivity index (χ2v) is 5.08. The van der Waals surface area contributed by atoms with E-state index in [9.17, 15) is 4.21 Å². The maximum atomic E-state index is 11.4. The maximum absolute atomic E-state index is 11.4. The largest absolute Gasteiger partial charge is 0.384 e. The summed E-state index contributed by atoms with van der Waals surface area (Å²) >= 11 is 0. The highest BCUT2D eigenvalue weighted by Crippen LogP contribution is 2.03. The SMILES string of the molecule is COCCS(=O)C(C)CC(C)N. The van der Waals surface area contributed by atoms with E-state index in [-0.39, 0.29) is 11.3 Å². The van der Waals surface area contributed by atoms with E-state index in [1.807, 2.05) is 13.8 Å². The summed E-state index contributed by atoms with van der Waals surface area (Å²) in [4.78, 5) is 0. The van der Waals surface area contributed by atoms with Crippen molar-refractivity contribution in [1.29, 1.82) is 0 Å². The molecule has 3 unspecified atom stereocenters. The summed E-state index contributed by atoms with van der Waals surface area (Å²) in [6.07, 6.45) is 0.816. The molecule has 0 aromatic heterocycles. The molecule has 0 heterocycles. The third-order valence-corrected chi connectivity index (χ3v) is 3.30. The Balaban J connectivity index is 3.61. The van der Waals surface area contributed by atoms with Crippen LogP contribution in [0.1, 0.15) is 20.3 Å². The van der Waals surface area contributed by atoms with E-state index < -0.39 is 10.8 Å². The van der Waals surface area contributed by atoms with Crippen molar-refractivity contribution in [3.05, 3.63) is 0 Å². The van der Waals surface area contributed by atoms with E-state index in [0.717, 1.165) is 6.42 Å². The lowest BCUT2D eigenvalue weighted by Gasteiger charge is -2.12. The minimum atomic E-state index is -0.790. The molecule has 0 saturated heterocycles. The van der Waals surface area contributed by atoms with Gasteiger partial charge in [0, 0.05) is 35.0 Å². The number of ether oxygens (including phenoxy) is 1. The van der Waals surface area contributed by atoms with Crippen molar-refractivity contribution in [2.24, 2.45) is 5.73 Å². The van der Waals surface area contributed by atoms with Crippen LogP contribution in [0.25, 0.3) is 0 Å². The van der Waals surface area contributed by atoms with E-state index in [0.29, 0.717) is 12.4 Å². The second-order valence-electron chi connectivity index (χ2n) is 3.10. The number of hydrogen-bond donors (Lipinski definition) is 1. The zero-order valence-electron chi connectivity index (χ0n) is 8.08. The van der Waals surface area contributed by atoms with Gasteiger partial charge in [0.2, 0.25) is 0 Å². The number of rotatable bonds is 6. The fraction of sp³-hybridized carbons (Fsp3) is 1.00. The lowest BCUT2D eigenvalue weighted by atomic mass is 10.2. The Kier molecular flexibility index (Phi) is 6.61. The molecule has 0 radical (unpaired) electrons. The molecule has 0 amide bonds. The Morgan fingerprint density at radius 1 is 1.50 bits per heavy atom. The van der Waals surface area contributed by atoms with Gasteiger partial charge in [-0.2, -0.15) is 0 Å². The number of nitrogens with two attached hydrogens (primary N) is 1. The van der Waals surface area contributed by atoms with Gasteiger partial charge in [0.1, 0.15) is 0 Å². The molecule has 2 N–H and O–H groups in total. The van der Waals surface area contributed by atoms with Crippen molar-refractivity contribution < 1.29 is 8.95 Å². The lowest BCUT2D eigenvalue weighted by molar-refractivity contribution is 0.218. The standard InChI is InChI=1S/C8H19NO2S/c1-7(9)6-8(2)12(10)5-4-11-3/h7-8H,4-6,9H2,1-3H3. The molecule has 3 atom stereocenters. The summed E-state index contributed by atoms with van der Waals surface area (Å²) in [5.41, 5.74) is 5.59. The maximum Gasteiger partial charge on any atom is 0.0577 e. The van der Waals surface area contributed by atoms with Crippen LogP contribution in [0, 0.1) is 0 Å². The molecule has 12 heavy (non-hydrogen) atoms. The molecule has 0 aliphatic rings. The molecule has 0 spiro atoms. The normalized spacial score (nSPS) is 18.7. The zero-order chi connectivity index (χ0) is 9.56. The minimum absolute atomic E-state index is 0.131. The van der Waals surface area contributed by atoms with Gasteiger partial charge in [-0.3, -0.25) is 4.21 Å². The molecule has 3 nitrogen and oxygen atoms in total. The van der Waals surface area contributed by atoms with Crippen molar-refractivity contribution >= 4 is 10.8 Å². The molecule has 74 valence electrons. The second kappa shape index (κ2) is 6.57. The molecular formula is C8H19NO2S. The predicted molar refractivity (Wildman–Crippen MR) is 52.6 cm³/mol. The van der Waals surface area contributed by atoms with E-state index in [1.54, 1.807) is 7.11 Å². The first-order valence-corrected chi connectivity index (χ1v) is 5.57. The minimum Gasteiger partial charge on any atom is -0.384 e. The van der Waals surface area contributed by atoms with Crippen molar-refractivity contribution in [3.63, 3.8) is 0 Å². The first kappa shape index (κ1) is 12.1. The molecule has 0 bridgehead atoms. The van der Waals surface area contributed by atoms with Gasteiger partial charge in [-0.15, -0.1) is 0 Å². The molecule has 0 aromatic rings. The van der Waals surface area contributed by atoms with Crippen molar-refractivity contribution in [1.82, 2.24) is 0 Å². The molecule has 0 aromatic carbocycles. The molecular weight excluding hydrogens is 174 g/mol. The first-order valence-electron chi connectivity index (χ1n) is 4.19. The Bertz CT molecular complexity index is 139. The third-order valence-electron chi connectivity index (χ3n) is 1.64. The van der Waals surface area contributed by atoms with Crippen LogP contribution in [-0.4, -0.2) is 35.0 Å². The van der Waals surface area contributed by atoms with Gasteiger partial charge < -0.3 is 10.5 Å². The monoisotopic (exact) mass is 193 g/mol. The van der Waals surface area contributed by atoms with Gasteiger partial charge in [-0.1, -0.05) is 6.92 Å². The van der Waals surface area contributed by atoms with Gasteiger partial charge in [0.05, 0.1) is 6.61 Å². The lowest BCUT2D eigenvalue weighted by Crippen LogP contribution is -2.25. The molecule has 0 fully saturated rings. The van der Waals surface area contributed by atoms with Crippen molar-refractivity contribution in [2.45, 2.75) is 31.6 Å². The predicted octanol–water partition coefficient (Wildman–Crippen LogP) is 0.507. The van der Waals surface area contributed by atoms with Gasteiger partial charge >= 0.3 is 0 Å². The summed E-state index contributed by atoms with van der Waals surface area (Å²) in [6, 6.07) is 0.131. The van der Waals surface area contributed by atoms with Crippen LogP contribution in [-0.2, 0) is 15.5 Å². The fourth-order valence-corrected chi connectivity index (χ4v) is 2.25. The van der Waals surface area contributed by atoms with Crippen LogP contribution in [0.2, 0.25) is 0 Å². The Labute approximate surface area is 77.1 Å². The van der Waals surface area contributed by atoms with Crippen LogP contribution in [0.15, 0.2) is 0 Å². The summed E-state index contributed by atoms with van der Waals surface area (Å²) in [5, 5.41) is 0.181. The smallest absolute Gasteiger partial charge is 0.0577 e. The Morgan fingerprint density at radius 3 is 2.50 bits per heavy atom. The number of hydrogen-bond acceptors (Lipinski definition) is 3. The van der Waals surface area contributed by atoms with Crippen LogP contribution in [0.3, 0.4) is 0 Å². The molecule has 0 aliphatic carbocycles. The quantitative estimate of drug-likeness (QED) is 0.668. The Morgan fingerprint density at radius 2 is 2.08 bits per heavy atom. The average Bonchev–Trinajstić information content (AvgIpc) is 1.98. The van der Waals surface area contributed by atoms with Crippen LogP contribution in [0.5, 0.6) is 0 Å². The molecule has 0 saturated carbocycles. The van der Waals surface area contributed by atoms with E-state index in [2.05, 4.69) is 0 Å². The number of methoxy groups -OCH3 is 1. The molecule has 4 heteroatoms. The van der Waals surface area contributed by atoms with E-state index in [4.69, 9.17) is 10.5 Å². The molecule has 0 rings (SSSR count). The zero-order valence-corrected chi connectivity index (χ0v) is 8.89. The summed E-state index contributed by atoms with van der Waals surface area (Å²) in [6.45, 7) is 4.47. The van der Waals surface area contributed by atoms with Crippen LogP contribution in [0.4, 0.5) is 0 Å². The highest BCUT2D eigenvalue weighted by molar-refractivity contribution is 7.85. The summed E-state index contributed by atoms with van der Waals surface area (Å²) < 4.78 is 16.3. The van der Waals surface area contributed by atoms with Gasteiger partial charge in [0.25, 0.3) is 0 Å². The van der Waals surface area contributed by atoms with Crippen molar-refractivity contribution in [2.75, 3.05) is 19.5 Å². The van der Waals surface area contributed by atoms with E-state index in [1.165, 1.54) is 0 Å². The molecule has 0 aliphatic heterocycles. The van der Waals surface area contributed by atoms with E-state index >= 15 is 0 Å². The first-order chi connectivity index (χ1) is 5.57. The summed E-state index contributed by atoms with van der Waals surface area (Å²) in [5.74, 6) is 0.615. The highest BCUT2D eigenvalue weighted by Gasteiger charge is 2.12. The van der Waals surface area contributed by atoms with Crippen molar-refractivity contribution in [3.8, 4) is 0 Å². The summed E-state index contributed by atoms with van der Waals surface area (Å²) in [7, 11) is 0.828. The highest BCUT2D eigenvalue weighted by atomic mass is 32.2. The van der Waals surface area contributed by atoms with Gasteiger partial charge in [-0.25, -0.2) is 0 Å². The fourth-order valence-electron chi connectivity index (χ4n) is 0.998. The van der Waals surface area contributed by atoms with Gasteiger partial charge in [-0.05, 0) is 13.3 Å². The topological polar surface area (TPSA) is 52.3 Å². The van der Waals surface area contributed by atoms with Crippen LogP contribution >= 0.6 is 0 Å². The third kappa shape index (κ3) is 5.69.